The second-order valence-electron chi connectivity index (χ2n) is 6.47. The average molecular weight is 335 g/mol. The van der Waals surface area contributed by atoms with Crippen LogP contribution in [-0.2, 0) is 6.54 Å². The lowest BCUT2D eigenvalue weighted by Gasteiger charge is -2.34. The number of pyridine rings is 1. The van der Waals surface area contributed by atoms with Crippen LogP contribution in [0.3, 0.4) is 0 Å². The molecule has 5 heteroatoms. The van der Waals surface area contributed by atoms with E-state index in [-0.39, 0.29) is 5.91 Å². The zero-order valence-corrected chi connectivity index (χ0v) is 14.3. The number of fused-ring (bicyclic) bond motifs is 1. The van der Waals surface area contributed by atoms with E-state index < -0.39 is 0 Å². The number of nitrogens with zero attached hydrogens (tertiary/aromatic N) is 3. The fraction of sp³-hybridized carbons (Fsp3) is 0.300. The lowest BCUT2D eigenvalue weighted by Crippen LogP contribution is -2.48. The third-order valence-corrected chi connectivity index (χ3v) is 4.72. The molecule has 4 rings (SSSR count). The van der Waals surface area contributed by atoms with Gasteiger partial charge in [0.15, 0.2) is 5.76 Å². The molecule has 1 aliphatic heterocycles. The van der Waals surface area contributed by atoms with Crippen LogP contribution in [0.5, 0.6) is 0 Å². The third kappa shape index (κ3) is 3.28. The molecule has 1 aliphatic rings. The Morgan fingerprint density at radius 2 is 1.88 bits per heavy atom. The molecule has 0 atom stereocenters. The van der Waals surface area contributed by atoms with Crippen molar-refractivity contribution in [3.05, 3.63) is 65.7 Å². The van der Waals surface area contributed by atoms with Crippen LogP contribution in [0.15, 0.2) is 53.1 Å². The summed E-state index contributed by atoms with van der Waals surface area (Å²) in [6.45, 7) is 5.86. The minimum atomic E-state index is -0.0143. The van der Waals surface area contributed by atoms with Gasteiger partial charge < -0.3 is 9.32 Å². The van der Waals surface area contributed by atoms with Crippen LogP contribution >= 0.6 is 0 Å². The van der Waals surface area contributed by atoms with E-state index in [0.29, 0.717) is 5.76 Å². The Morgan fingerprint density at radius 1 is 1.08 bits per heavy atom. The van der Waals surface area contributed by atoms with Crippen LogP contribution < -0.4 is 0 Å². The van der Waals surface area contributed by atoms with Crippen molar-refractivity contribution < 1.29 is 9.21 Å². The van der Waals surface area contributed by atoms with E-state index in [1.807, 2.05) is 30.2 Å². The number of benzene rings is 1. The Hall–Kier alpha value is -2.66. The first-order valence-corrected chi connectivity index (χ1v) is 8.61. The number of amides is 1. The molecule has 1 aromatic carbocycles. The summed E-state index contributed by atoms with van der Waals surface area (Å²) in [5.74, 6) is 1.19. The van der Waals surface area contributed by atoms with Crippen LogP contribution in [-0.4, -0.2) is 46.9 Å². The van der Waals surface area contributed by atoms with Gasteiger partial charge in [0.25, 0.3) is 5.91 Å². The van der Waals surface area contributed by atoms with Gasteiger partial charge >= 0.3 is 0 Å². The Morgan fingerprint density at radius 3 is 2.64 bits per heavy atom. The highest BCUT2D eigenvalue weighted by atomic mass is 16.3. The molecule has 0 saturated carbocycles. The molecule has 0 aliphatic carbocycles. The molecule has 128 valence electrons. The van der Waals surface area contributed by atoms with Gasteiger partial charge in [-0.25, -0.2) is 0 Å². The van der Waals surface area contributed by atoms with E-state index in [4.69, 9.17) is 4.42 Å². The van der Waals surface area contributed by atoms with Gasteiger partial charge in [-0.3, -0.25) is 14.7 Å². The smallest absolute Gasteiger partial charge is 0.289 e. The molecule has 3 heterocycles. The van der Waals surface area contributed by atoms with Crippen molar-refractivity contribution in [3.8, 4) is 0 Å². The predicted octanol–water partition coefficient (Wildman–Crippen LogP) is 3.09. The zero-order chi connectivity index (χ0) is 17.2. The van der Waals surface area contributed by atoms with E-state index in [1.165, 1.54) is 10.9 Å². The number of para-hydroxylation sites is 1. The van der Waals surface area contributed by atoms with E-state index >= 15 is 0 Å². The lowest BCUT2D eigenvalue weighted by molar-refractivity contribution is 0.0597. The molecular formula is C20H21N3O2. The van der Waals surface area contributed by atoms with Gasteiger partial charge in [0.2, 0.25) is 0 Å². The van der Waals surface area contributed by atoms with E-state index in [0.717, 1.165) is 44.0 Å². The van der Waals surface area contributed by atoms with Crippen molar-refractivity contribution in [2.24, 2.45) is 0 Å². The molecule has 0 radical (unpaired) electrons. The maximum atomic E-state index is 12.5. The number of hydrogen-bond donors (Lipinski definition) is 0. The molecular weight excluding hydrogens is 314 g/mol. The Bertz CT molecular complexity index is 889. The summed E-state index contributed by atoms with van der Waals surface area (Å²) in [6, 6.07) is 14.0. The molecule has 5 nitrogen and oxygen atoms in total. The van der Waals surface area contributed by atoms with Crippen molar-refractivity contribution in [3.63, 3.8) is 0 Å². The van der Waals surface area contributed by atoms with Gasteiger partial charge in [0.1, 0.15) is 5.76 Å². The molecule has 3 aromatic rings. The molecule has 1 fully saturated rings. The van der Waals surface area contributed by atoms with Gasteiger partial charge in [0, 0.05) is 44.3 Å². The molecule has 0 spiro atoms. The summed E-state index contributed by atoms with van der Waals surface area (Å²) < 4.78 is 5.46. The van der Waals surface area contributed by atoms with Crippen molar-refractivity contribution in [2.45, 2.75) is 13.5 Å². The second kappa shape index (κ2) is 6.69. The normalized spacial score (nSPS) is 15.6. The summed E-state index contributed by atoms with van der Waals surface area (Å²) in [5.41, 5.74) is 2.30. The number of aryl methyl sites for hydroxylation is 1. The number of aromatic nitrogens is 1. The Balaban J connectivity index is 1.41. The van der Waals surface area contributed by atoms with Crippen molar-refractivity contribution in [1.82, 2.24) is 14.8 Å². The highest BCUT2D eigenvalue weighted by Crippen LogP contribution is 2.19. The minimum absolute atomic E-state index is 0.0143. The molecule has 1 saturated heterocycles. The number of furan rings is 1. The van der Waals surface area contributed by atoms with E-state index in [9.17, 15) is 4.79 Å². The fourth-order valence-electron chi connectivity index (χ4n) is 3.35. The predicted molar refractivity (Wildman–Crippen MR) is 96.4 cm³/mol. The van der Waals surface area contributed by atoms with Crippen molar-refractivity contribution >= 4 is 16.8 Å². The van der Waals surface area contributed by atoms with Crippen molar-refractivity contribution in [1.29, 1.82) is 0 Å². The summed E-state index contributed by atoms with van der Waals surface area (Å²) in [7, 11) is 0. The van der Waals surface area contributed by atoms with Crippen LogP contribution in [0.2, 0.25) is 0 Å². The number of carbonyl (C=O) groups excluding carboxylic acids is 1. The van der Waals surface area contributed by atoms with Crippen LogP contribution in [0.4, 0.5) is 0 Å². The largest absolute Gasteiger partial charge is 0.456 e. The highest BCUT2D eigenvalue weighted by Gasteiger charge is 2.24. The molecule has 25 heavy (non-hydrogen) atoms. The van der Waals surface area contributed by atoms with Crippen LogP contribution in [0.25, 0.3) is 10.9 Å². The first-order valence-electron chi connectivity index (χ1n) is 8.61. The summed E-state index contributed by atoms with van der Waals surface area (Å²) >= 11 is 0. The summed E-state index contributed by atoms with van der Waals surface area (Å²) in [4.78, 5) is 21.2. The average Bonchev–Trinajstić information content (AvgIpc) is 3.08. The van der Waals surface area contributed by atoms with Crippen LogP contribution in [0.1, 0.15) is 21.9 Å². The molecule has 0 bridgehead atoms. The quantitative estimate of drug-likeness (QED) is 0.738. The van der Waals surface area contributed by atoms with Crippen molar-refractivity contribution in [2.75, 3.05) is 26.2 Å². The standard InChI is InChI=1S/C20H21N3O2/c1-15-7-8-18(25-15)20(24)23-12-10-22(11-13-23)14-17-5-2-4-16-6-3-9-21-19(16)17/h2-9H,10-14H2,1H3. The maximum Gasteiger partial charge on any atom is 0.289 e. The second-order valence-corrected chi connectivity index (χ2v) is 6.47. The molecule has 0 unspecified atom stereocenters. The van der Waals surface area contributed by atoms with Gasteiger partial charge in [-0.05, 0) is 30.7 Å². The first kappa shape index (κ1) is 15.8. The number of rotatable bonds is 3. The Labute approximate surface area is 146 Å². The zero-order valence-electron chi connectivity index (χ0n) is 14.3. The summed E-state index contributed by atoms with van der Waals surface area (Å²) in [5, 5.41) is 1.17. The minimum Gasteiger partial charge on any atom is -0.456 e. The first-order chi connectivity index (χ1) is 12.2. The van der Waals surface area contributed by atoms with E-state index in [2.05, 4.69) is 34.1 Å². The monoisotopic (exact) mass is 335 g/mol. The van der Waals surface area contributed by atoms with Crippen LogP contribution in [0, 0.1) is 6.92 Å². The Kier molecular flexibility index (Phi) is 4.24. The molecule has 0 N–H and O–H groups in total. The molecule has 2 aromatic heterocycles. The third-order valence-electron chi connectivity index (χ3n) is 4.72. The van der Waals surface area contributed by atoms with Gasteiger partial charge in [-0.1, -0.05) is 24.3 Å². The van der Waals surface area contributed by atoms with Gasteiger partial charge in [-0.2, -0.15) is 0 Å². The number of hydrogen-bond acceptors (Lipinski definition) is 4. The van der Waals surface area contributed by atoms with E-state index in [1.54, 1.807) is 6.07 Å². The fourth-order valence-corrected chi connectivity index (χ4v) is 3.35. The molecule has 1 amide bonds. The SMILES string of the molecule is Cc1ccc(C(=O)N2CCN(Cc3cccc4cccnc34)CC2)o1. The lowest BCUT2D eigenvalue weighted by atomic mass is 10.1. The summed E-state index contributed by atoms with van der Waals surface area (Å²) in [6.07, 6.45) is 1.84. The number of carbonyl (C=O) groups is 1. The van der Waals surface area contributed by atoms with Gasteiger partial charge in [0.05, 0.1) is 5.52 Å². The highest BCUT2D eigenvalue weighted by molar-refractivity contribution is 5.91. The maximum absolute atomic E-state index is 12.5. The number of piperazine rings is 1. The topological polar surface area (TPSA) is 49.6 Å². The van der Waals surface area contributed by atoms with Gasteiger partial charge in [-0.15, -0.1) is 0 Å².